The van der Waals surface area contributed by atoms with Crippen molar-refractivity contribution in [1.29, 1.82) is 0 Å². The number of nitrogens with zero attached hydrogens (tertiary/aromatic N) is 3. The lowest BCUT2D eigenvalue weighted by Gasteiger charge is -2.53. The largest absolute Gasteiger partial charge is 0.490 e. The third-order valence-corrected chi connectivity index (χ3v) is 16.9. The Labute approximate surface area is 341 Å². The van der Waals surface area contributed by atoms with Crippen molar-refractivity contribution in [3.8, 4) is 5.75 Å². The first kappa shape index (κ1) is 40.2. The van der Waals surface area contributed by atoms with Crippen molar-refractivity contribution < 1.29 is 18.5 Å². The second-order valence-corrected chi connectivity index (χ2v) is 21.6. The van der Waals surface area contributed by atoms with Crippen molar-refractivity contribution in [2.75, 3.05) is 63.9 Å². The third kappa shape index (κ3) is 8.06. The second kappa shape index (κ2) is 16.2. The van der Waals surface area contributed by atoms with Gasteiger partial charge in [0.15, 0.2) is 0 Å². The molecule has 56 heavy (non-hydrogen) atoms. The van der Waals surface area contributed by atoms with Crippen molar-refractivity contribution in [2.24, 2.45) is 23.7 Å². The van der Waals surface area contributed by atoms with Gasteiger partial charge < -0.3 is 14.4 Å². The van der Waals surface area contributed by atoms with E-state index in [0.717, 1.165) is 94.3 Å². The van der Waals surface area contributed by atoms with E-state index in [2.05, 4.69) is 70.3 Å². The SMILES string of the molecule is C=S1(=O)NC(=O)c2ccc3c(c2)N(C[C@@H]2CC[C@H]2[C@](CN2CCN4CCCC[C@@H]4C2)(OCC(C)C)/C=C/C[C@H](C)[C@H]1C)C[C@@]1(CCCc2cc(Cl)ccc21)CO3. The van der Waals surface area contributed by atoms with Crippen LogP contribution < -0.4 is 14.4 Å². The summed E-state index contributed by atoms with van der Waals surface area (Å²) in [6.07, 6.45) is 14.7. The minimum absolute atomic E-state index is 0.0376. The lowest BCUT2D eigenvalue weighted by Crippen LogP contribution is -2.61. The van der Waals surface area contributed by atoms with Gasteiger partial charge in [-0.15, -0.1) is 0 Å². The van der Waals surface area contributed by atoms with Crippen LogP contribution in [0.1, 0.15) is 101 Å². The zero-order valence-electron chi connectivity index (χ0n) is 34.3. The zero-order chi connectivity index (χ0) is 39.2. The Morgan fingerprint density at radius 3 is 2.71 bits per heavy atom. The smallest absolute Gasteiger partial charge is 0.262 e. The molecule has 8 rings (SSSR count). The Balaban J connectivity index is 1.21. The number of halogens is 1. The summed E-state index contributed by atoms with van der Waals surface area (Å²) in [7, 11) is -2.96. The number of nitrogens with one attached hydrogen (secondary N) is 1. The molecule has 0 aromatic heterocycles. The first-order valence-electron chi connectivity index (χ1n) is 21.6. The van der Waals surface area contributed by atoms with E-state index in [1.54, 1.807) is 0 Å². The van der Waals surface area contributed by atoms with Crippen LogP contribution in [0.3, 0.4) is 0 Å². The van der Waals surface area contributed by atoms with Gasteiger partial charge in [0.2, 0.25) is 0 Å². The highest BCUT2D eigenvalue weighted by Gasteiger charge is 2.51. The number of carbonyl (C=O) groups excluding carboxylic acids is 1. The highest BCUT2D eigenvalue weighted by atomic mass is 35.5. The minimum atomic E-state index is -2.96. The quantitative estimate of drug-likeness (QED) is 0.245. The molecule has 4 heterocycles. The first-order chi connectivity index (χ1) is 26.8. The number of rotatable bonds is 5. The third-order valence-electron chi connectivity index (χ3n) is 14.5. The van der Waals surface area contributed by atoms with Gasteiger partial charge in [-0.05, 0) is 136 Å². The number of piperazine rings is 1. The summed E-state index contributed by atoms with van der Waals surface area (Å²) >= 11 is 6.56. The Bertz CT molecular complexity index is 1900. The monoisotopic (exact) mass is 804 g/mol. The molecule has 3 fully saturated rings. The molecule has 2 aliphatic carbocycles. The Kier molecular flexibility index (Phi) is 11.7. The number of hydrogen-bond donors (Lipinski definition) is 1. The van der Waals surface area contributed by atoms with E-state index in [1.165, 1.54) is 36.9 Å². The van der Waals surface area contributed by atoms with Gasteiger partial charge in [-0.2, -0.15) is 0 Å². The predicted octanol–water partition coefficient (Wildman–Crippen LogP) is 7.77. The fraction of sp³-hybridized carbons (Fsp3) is 0.652. The minimum Gasteiger partial charge on any atom is -0.490 e. The van der Waals surface area contributed by atoms with Gasteiger partial charge in [-0.25, -0.2) is 4.21 Å². The number of benzene rings is 2. The highest BCUT2D eigenvalue weighted by molar-refractivity contribution is 7.99. The van der Waals surface area contributed by atoms with Crippen LogP contribution in [-0.2, 0) is 26.3 Å². The van der Waals surface area contributed by atoms with Gasteiger partial charge in [-0.1, -0.05) is 57.0 Å². The standard InChI is InChI=1S/C46H65ClN4O4S/c1-32(2)28-55-46(30-49-22-23-50-21-7-6-12-39(50)27-49)20-8-10-33(3)34(4)56(5,53)48-44(52)36-14-18-43-42(25-36)51(26-37-13-16-41(37)46)29-45(31-54-43)19-9-11-35-24-38(47)15-17-40(35)45/h8,14-15,17-18,20,24-25,32-34,37,39,41H,5-7,9-13,16,19,21-23,26-31H2,1-4H3,(H,48,52,53)/b20-8+/t33-,34+,37-,39+,41+,45-,46-,56?/m0/s1. The van der Waals surface area contributed by atoms with Gasteiger partial charge >= 0.3 is 0 Å². The van der Waals surface area contributed by atoms with Crippen LogP contribution in [0.4, 0.5) is 5.69 Å². The average Bonchev–Trinajstić information content (AvgIpc) is 3.31. The summed E-state index contributed by atoms with van der Waals surface area (Å²) in [6, 6.07) is 12.8. The van der Waals surface area contributed by atoms with E-state index in [0.29, 0.717) is 42.6 Å². The van der Waals surface area contributed by atoms with Crippen LogP contribution in [0.2, 0.25) is 5.02 Å². The molecule has 2 aromatic rings. The maximum absolute atomic E-state index is 14.2. The van der Waals surface area contributed by atoms with Crippen molar-refractivity contribution in [1.82, 2.24) is 14.5 Å². The van der Waals surface area contributed by atoms with Crippen LogP contribution in [-0.4, -0.2) is 102 Å². The van der Waals surface area contributed by atoms with Gasteiger partial charge in [0, 0.05) is 66.6 Å². The van der Waals surface area contributed by atoms with Crippen molar-refractivity contribution in [3.05, 3.63) is 70.3 Å². The number of allylic oxidation sites excluding steroid dienone is 1. The first-order valence-corrected chi connectivity index (χ1v) is 23.8. The molecule has 4 aliphatic heterocycles. The second-order valence-electron chi connectivity index (χ2n) is 18.8. The van der Waals surface area contributed by atoms with Gasteiger partial charge in [-0.3, -0.25) is 19.3 Å². The lowest BCUT2D eigenvalue weighted by molar-refractivity contribution is -0.125. The molecule has 2 bridgehead atoms. The molecule has 1 saturated carbocycles. The topological polar surface area (TPSA) is 74.4 Å². The van der Waals surface area contributed by atoms with Crippen molar-refractivity contribution >= 4 is 38.8 Å². The van der Waals surface area contributed by atoms with Gasteiger partial charge in [0.25, 0.3) is 5.91 Å². The van der Waals surface area contributed by atoms with E-state index >= 15 is 0 Å². The number of hydrogen-bond acceptors (Lipinski definition) is 7. The molecular weight excluding hydrogens is 740 g/mol. The summed E-state index contributed by atoms with van der Waals surface area (Å²) < 4.78 is 31.2. The number of piperidine rings is 1. The zero-order valence-corrected chi connectivity index (χ0v) is 35.9. The number of aryl methyl sites for hydroxylation is 1. The lowest BCUT2D eigenvalue weighted by atomic mass is 9.63. The number of amides is 1. The fourth-order valence-corrected chi connectivity index (χ4v) is 12.5. The maximum atomic E-state index is 14.2. The predicted molar refractivity (Wildman–Crippen MR) is 231 cm³/mol. The number of ether oxygens (including phenoxy) is 2. The summed E-state index contributed by atoms with van der Waals surface area (Å²) in [5.41, 5.74) is 3.38. The van der Waals surface area contributed by atoms with Crippen LogP contribution in [0, 0.1) is 23.7 Å². The number of carbonyl (C=O) groups is 1. The van der Waals surface area contributed by atoms with Crippen molar-refractivity contribution in [3.63, 3.8) is 0 Å². The van der Waals surface area contributed by atoms with E-state index < -0.39 is 15.3 Å². The van der Waals surface area contributed by atoms with Gasteiger partial charge in [0.1, 0.15) is 11.4 Å². The Morgan fingerprint density at radius 2 is 1.91 bits per heavy atom. The molecule has 6 aliphatic rings. The van der Waals surface area contributed by atoms with Crippen molar-refractivity contribution in [2.45, 2.75) is 108 Å². The molecule has 10 heteroatoms. The van der Waals surface area contributed by atoms with E-state index in [9.17, 15) is 9.00 Å². The Morgan fingerprint density at radius 1 is 1.05 bits per heavy atom. The molecule has 0 radical (unpaired) electrons. The molecule has 1 N–H and O–H groups in total. The summed E-state index contributed by atoms with van der Waals surface area (Å²) in [5.74, 6) is 5.72. The number of fused-ring (bicyclic) bond motifs is 5. The van der Waals surface area contributed by atoms with Gasteiger partial charge in [0.05, 0.1) is 28.6 Å². The molecule has 1 unspecified atom stereocenters. The van der Waals surface area contributed by atoms with Crippen LogP contribution in [0.5, 0.6) is 5.75 Å². The molecule has 8 nitrogen and oxygen atoms in total. The maximum Gasteiger partial charge on any atom is 0.262 e. The van der Waals surface area contributed by atoms with E-state index in [-0.39, 0.29) is 22.5 Å². The van der Waals surface area contributed by atoms with E-state index in [4.69, 9.17) is 21.1 Å². The molecule has 2 aromatic carbocycles. The molecule has 2 saturated heterocycles. The summed E-state index contributed by atoms with van der Waals surface area (Å²) in [6.45, 7) is 16.9. The highest BCUT2D eigenvalue weighted by Crippen LogP contribution is 2.50. The normalized spacial score (nSPS) is 36.0. The summed E-state index contributed by atoms with van der Waals surface area (Å²) in [5, 5.41) is 0.448. The van der Waals surface area contributed by atoms with E-state index in [1.807, 2.05) is 31.2 Å². The Hall–Kier alpha value is -2.56. The van der Waals surface area contributed by atoms with Crippen LogP contribution >= 0.6 is 11.6 Å². The van der Waals surface area contributed by atoms with Crippen LogP contribution in [0.25, 0.3) is 0 Å². The molecule has 8 atom stereocenters. The summed E-state index contributed by atoms with van der Waals surface area (Å²) in [4.78, 5) is 21.9. The molecule has 1 spiro atoms. The molecule has 306 valence electrons. The number of anilines is 1. The average molecular weight is 806 g/mol. The fourth-order valence-electron chi connectivity index (χ4n) is 10.9. The van der Waals surface area contributed by atoms with Crippen LogP contribution in [0.15, 0.2) is 48.6 Å². The molecular formula is C46H65ClN4O4S. The molecule has 1 amide bonds.